The van der Waals surface area contributed by atoms with Crippen molar-refractivity contribution in [3.05, 3.63) is 0 Å². The van der Waals surface area contributed by atoms with Gasteiger partial charge in [0.05, 0.1) is 15.7 Å². The minimum atomic E-state index is -0.484. The van der Waals surface area contributed by atoms with Gasteiger partial charge in [0.15, 0.2) is 0 Å². The lowest BCUT2D eigenvalue weighted by Gasteiger charge is -2.33. The molecule has 0 spiro atoms. The van der Waals surface area contributed by atoms with Crippen LogP contribution < -0.4 is 0 Å². The summed E-state index contributed by atoms with van der Waals surface area (Å²) < 4.78 is 0. The van der Waals surface area contributed by atoms with E-state index < -0.39 is 5.21 Å². The van der Waals surface area contributed by atoms with Crippen molar-refractivity contribution in [2.75, 3.05) is 0 Å². The Bertz CT molecular complexity index is 183. The largest absolute Gasteiger partial charge is 0.0990 e. The molecule has 2 heteroatoms. The smallest absolute Gasteiger partial charge is 0.0620 e. The van der Waals surface area contributed by atoms with Crippen LogP contribution in [0.15, 0.2) is 0 Å². The Morgan fingerprint density at radius 2 is 2.00 bits per heavy atom. The summed E-state index contributed by atoms with van der Waals surface area (Å²) >= 11 is 0. The second-order valence-electron chi connectivity index (χ2n) is 5.87. The van der Waals surface area contributed by atoms with Crippen molar-refractivity contribution in [1.82, 2.24) is 0 Å². The van der Waals surface area contributed by atoms with E-state index in [1.54, 1.807) is 0 Å². The Morgan fingerprint density at radius 3 is 2.40 bits per heavy atom. The highest BCUT2D eigenvalue weighted by Crippen LogP contribution is 2.41. The zero-order chi connectivity index (χ0) is 11.5. The van der Waals surface area contributed by atoms with E-state index in [0.717, 1.165) is 11.8 Å². The highest BCUT2D eigenvalue weighted by atomic mass is 14.3. The van der Waals surface area contributed by atoms with Crippen molar-refractivity contribution in [3.63, 3.8) is 0 Å². The molecule has 3 atom stereocenters. The highest BCUT2D eigenvalue weighted by Gasteiger charge is 2.29. The monoisotopic (exact) mass is 202 g/mol. The number of hydrogen-bond acceptors (Lipinski definition) is 0. The summed E-state index contributed by atoms with van der Waals surface area (Å²) in [6, 6.07) is 0. The normalized spacial score (nSPS) is 29.3. The second-order valence-corrected chi connectivity index (χ2v) is 5.87. The van der Waals surface area contributed by atoms with Crippen LogP contribution in [0.5, 0.6) is 0 Å². The Kier molecular flexibility index (Phi) is 4.80. The van der Waals surface area contributed by atoms with Crippen molar-refractivity contribution in [3.8, 4) is 0 Å². The van der Waals surface area contributed by atoms with Crippen LogP contribution in [0.25, 0.3) is 0 Å². The van der Waals surface area contributed by atoms with Crippen molar-refractivity contribution >= 4 is 15.7 Å². The van der Waals surface area contributed by atoms with Gasteiger partial charge in [-0.1, -0.05) is 57.6 Å². The third kappa shape index (κ3) is 4.25. The van der Waals surface area contributed by atoms with Gasteiger partial charge >= 0.3 is 0 Å². The van der Waals surface area contributed by atoms with E-state index in [0.29, 0.717) is 5.92 Å². The van der Waals surface area contributed by atoms with Crippen molar-refractivity contribution < 1.29 is 0 Å². The van der Waals surface area contributed by atoms with Crippen LogP contribution in [-0.4, -0.2) is 15.7 Å². The molecule has 1 saturated carbocycles. The molecule has 0 bridgehead atoms. The van der Waals surface area contributed by atoms with Crippen LogP contribution in [0.2, 0.25) is 5.21 Å². The first-order valence-electron chi connectivity index (χ1n) is 6.51. The van der Waals surface area contributed by atoms with Gasteiger partial charge in [-0.25, -0.2) is 0 Å². The summed E-state index contributed by atoms with van der Waals surface area (Å²) in [5.74, 6) is 2.29. The molecule has 0 N–H and O–H groups in total. The van der Waals surface area contributed by atoms with Gasteiger partial charge in [-0.05, 0) is 24.7 Å². The minimum absolute atomic E-state index is 0.484. The molecule has 1 aliphatic rings. The van der Waals surface area contributed by atoms with Gasteiger partial charge in [0, 0.05) is 0 Å². The van der Waals surface area contributed by atoms with Crippen molar-refractivity contribution in [2.24, 2.45) is 17.8 Å². The van der Waals surface area contributed by atoms with E-state index in [-0.39, 0.29) is 0 Å². The average molecular weight is 202 g/mol. The summed E-state index contributed by atoms with van der Waals surface area (Å²) in [6.45, 7) is 6.56. The molecular weight excluding hydrogens is 178 g/mol. The van der Waals surface area contributed by atoms with Crippen LogP contribution in [0.4, 0.5) is 0 Å². The van der Waals surface area contributed by atoms with Gasteiger partial charge in [0.25, 0.3) is 0 Å². The Labute approximate surface area is 98.4 Å². The predicted octanol–water partition coefficient (Wildman–Crippen LogP) is 3.70. The summed E-state index contributed by atoms with van der Waals surface area (Å²) in [5, 5.41) is -0.484. The van der Waals surface area contributed by atoms with Gasteiger partial charge in [-0.15, -0.1) is 0 Å². The SMILES string of the molecule is [B]C([B])(C)C(CCC)CC1CCC(C)C1. The molecule has 0 heterocycles. The molecule has 0 aromatic rings. The predicted molar refractivity (Wildman–Crippen MR) is 69.4 cm³/mol. The molecule has 0 aliphatic heterocycles. The van der Waals surface area contributed by atoms with E-state index in [2.05, 4.69) is 13.8 Å². The van der Waals surface area contributed by atoms with Gasteiger partial charge in [0.2, 0.25) is 0 Å². The molecule has 3 unspecified atom stereocenters. The summed E-state index contributed by atoms with van der Waals surface area (Å²) in [7, 11) is 12.1. The van der Waals surface area contributed by atoms with E-state index in [9.17, 15) is 0 Å². The zero-order valence-electron chi connectivity index (χ0n) is 10.6. The fraction of sp³-hybridized carbons (Fsp3) is 1.00. The summed E-state index contributed by atoms with van der Waals surface area (Å²) in [4.78, 5) is 0. The van der Waals surface area contributed by atoms with E-state index in [1.165, 1.54) is 38.5 Å². The molecular formula is C13H24B2. The van der Waals surface area contributed by atoms with Crippen LogP contribution in [0, 0.1) is 17.8 Å². The molecule has 1 rings (SSSR count). The number of rotatable bonds is 5. The molecule has 0 aromatic carbocycles. The molecule has 1 fully saturated rings. The van der Waals surface area contributed by atoms with Gasteiger partial charge in [0.1, 0.15) is 0 Å². The van der Waals surface area contributed by atoms with E-state index >= 15 is 0 Å². The first-order valence-corrected chi connectivity index (χ1v) is 6.51. The van der Waals surface area contributed by atoms with E-state index in [1.807, 2.05) is 6.92 Å². The lowest BCUT2D eigenvalue weighted by atomic mass is 9.47. The Morgan fingerprint density at radius 1 is 1.33 bits per heavy atom. The first-order chi connectivity index (χ1) is 6.93. The maximum Gasteiger partial charge on any atom is 0.0620 e. The molecule has 0 amide bonds. The zero-order valence-corrected chi connectivity index (χ0v) is 10.6. The molecule has 0 saturated heterocycles. The molecule has 0 aromatic heterocycles. The molecule has 0 nitrogen and oxygen atoms in total. The molecule has 1 aliphatic carbocycles. The van der Waals surface area contributed by atoms with Crippen molar-refractivity contribution in [1.29, 1.82) is 0 Å². The molecule has 82 valence electrons. The fourth-order valence-corrected chi connectivity index (χ4v) is 2.97. The second kappa shape index (κ2) is 5.46. The number of hydrogen-bond donors (Lipinski definition) is 0. The van der Waals surface area contributed by atoms with Crippen LogP contribution >= 0.6 is 0 Å². The first kappa shape index (κ1) is 13.2. The Hall–Kier alpha value is 0.130. The average Bonchev–Trinajstić information content (AvgIpc) is 2.49. The molecule has 4 radical (unpaired) electrons. The highest BCUT2D eigenvalue weighted by molar-refractivity contribution is 6.39. The standard InChI is InChI=1S/C13H24B2/c1-4-5-12(13(3,14)15)9-11-7-6-10(2)8-11/h10-12H,4-9H2,1-3H3. The van der Waals surface area contributed by atoms with Gasteiger partial charge < -0.3 is 0 Å². The third-order valence-electron chi connectivity index (χ3n) is 3.94. The third-order valence-corrected chi connectivity index (χ3v) is 3.94. The Balaban J connectivity index is 2.44. The maximum absolute atomic E-state index is 6.06. The lowest BCUT2D eigenvalue weighted by molar-refractivity contribution is 0.323. The van der Waals surface area contributed by atoms with Gasteiger partial charge in [-0.3, -0.25) is 0 Å². The summed E-state index contributed by atoms with van der Waals surface area (Å²) in [5.41, 5.74) is 0. The van der Waals surface area contributed by atoms with Crippen LogP contribution in [0.1, 0.15) is 59.3 Å². The van der Waals surface area contributed by atoms with Crippen LogP contribution in [0.3, 0.4) is 0 Å². The quantitative estimate of drug-likeness (QED) is 0.596. The summed E-state index contributed by atoms with van der Waals surface area (Å²) in [6.07, 6.45) is 7.77. The lowest BCUT2D eigenvalue weighted by Crippen LogP contribution is -2.23. The van der Waals surface area contributed by atoms with Gasteiger partial charge in [-0.2, -0.15) is 0 Å². The fourth-order valence-electron chi connectivity index (χ4n) is 2.97. The minimum Gasteiger partial charge on any atom is -0.0990 e. The van der Waals surface area contributed by atoms with Crippen molar-refractivity contribution in [2.45, 2.75) is 64.5 Å². The molecule has 15 heavy (non-hydrogen) atoms. The topological polar surface area (TPSA) is 0 Å². The van der Waals surface area contributed by atoms with Crippen LogP contribution in [-0.2, 0) is 0 Å². The van der Waals surface area contributed by atoms with E-state index in [4.69, 9.17) is 15.7 Å². The maximum atomic E-state index is 6.06.